The number of amides is 2. The van der Waals surface area contributed by atoms with Crippen LogP contribution in [0.25, 0.3) is 0 Å². The first kappa shape index (κ1) is 31.0. The van der Waals surface area contributed by atoms with Crippen LogP contribution < -0.4 is 5.32 Å². The molecule has 1 saturated carbocycles. The van der Waals surface area contributed by atoms with Gasteiger partial charge >= 0.3 is 6.18 Å². The number of nitrogens with zero attached hydrogens (tertiary/aromatic N) is 2. The van der Waals surface area contributed by atoms with Gasteiger partial charge in [-0.25, -0.2) is 8.42 Å². The molecule has 7 nitrogen and oxygen atoms in total. The van der Waals surface area contributed by atoms with Gasteiger partial charge in [-0.2, -0.15) is 13.2 Å². The van der Waals surface area contributed by atoms with Crippen LogP contribution in [0.4, 0.5) is 13.2 Å². The number of likely N-dealkylation sites (tertiary alicyclic amines) is 1. The molecule has 41 heavy (non-hydrogen) atoms. The fourth-order valence-electron chi connectivity index (χ4n) is 5.97. The van der Waals surface area contributed by atoms with Crippen molar-refractivity contribution in [2.75, 3.05) is 19.3 Å². The second-order valence-electron chi connectivity index (χ2n) is 11.6. The van der Waals surface area contributed by atoms with Crippen LogP contribution in [0.15, 0.2) is 53.4 Å². The molecule has 2 aromatic carbocycles. The Labute approximate surface area is 240 Å². The van der Waals surface area contributed by atoms with E-state index >= 15 is 0 Å². The first-order valence-corrected chi connectivity index (χ1v) is 15.6. The van der Waals surface area contributed by atoms with Crippen LogP contribution in [0.2, 0.25) is 0 Å². The number of hydrogen-bond donors (Lipinski definition) is 1. The topological polar surface area (TPSA) is 86.8 Å². The first-order chi connectivity index (χ1) is 19.2. The Bertz CT molecular complexity index is 1360. The third-order valence-electron chi connectivity index (χ3n) is 8.52. The quantitative estimate of drug-likeness (QED) is 0.480. The van der Waals surface area contributed by atoms with Gasteiger partial charge in [0.1, 0.15) is 6.04 Å². The van der Waals surface area contributed by atoms with E-state index in [1.165, 1.54) is 6.07 Å². The van der Waals surface area contributed by atoms with Crippen molar-refractivity contribution in [3.05, 3.63) is 65.2 Å². The normalized spacial score (nSPS) is 23.8. The highest BCUT2D eigenvalue weighted by atomic mass is 32.2. The Kier molecular flexibility index (Phi) is 9.18. The molecule has 1 N–H and O–H groups in total. The Morgan fingerprint density at radius 2 is 1.78 bits per heavy atom. The Morgan fingerprint density at radius 3 is 2.41 bits per heavy atom. The third kappa shape index (κ3) is 7.12. The minimum atomic E-state index is -4.59. The van der Waals surface area contributed by atoms with E-state index < -0.39 is 33.5 Å². The van der Waals surface area contributed by atoms with Gasteiger partial charge in [-0.05, 0) is 89.8 Å². The number of benzene rings is 2. The Balaban J connectivity index is 1.52. The van der Waals surface area contributed by atoms with Crippen molar-refractivity contribution in [1.29, 1.82) is 0 Å². The Morgan fingerprint density at radius 1 is 1.10 bits per heavy atom. The van der Waals surface area contributed by atoms with Crippen molar-refractivity contribution in [2.24, 2.45) is 5.92 Å². The zero-order valence-corrected chi connectivity index (χ0v) is 24.6. The van der Waals surface area contributed by atoms with Crippen molar-refractivity contribution in [2.45, 2.75) is 81.7 Å². The predicted molar refractivity (Wildman–Crippen MR) is 150 cm³/mol. The molecule has 2 aromatic rings. The molecule has 11 heteroatoms. The lowest BCUT2D eigenvalue weighted by molar-refractivity contribution is -0.137. The molecule has 1 aliphatic carbocycles. The number of rotatable bonds is 8. The van der Waals surface area contributed by atoms with Gasteiger partial charge in [0.2, 0.25) is 5.91 Å². The zero-order valence-electron chi connectivity index (χ0n) is 23.8. The fraction of sp³-hybridized carbons (Fsp3) is 0.533. The molecule has 4 atom stereocenters. The lowest BCUT2D eigenvalue weighted by atomic mass is 9.81. The number of carbonyl (C=O) groups excluding carboxylic acids is 2. The lowest BCUT2D eigenvalue weighted by Crippen LogP contribution is -2.53. The average Bonchev–Trinajstić information content (AvgIpc) is 3.27. The summed E-state index contributed by atoms with van der Waals surface area (Å²) >= 11 is 0. The van der Waals surface area contributed by atoms with E-state index in [-0.39, 0.29) is 46.2 Å². The molecule has 1 saturated heterocycles. The summed E-state index contributed by atoms with van der Waals surface area (Å²) in [5.74, 6) is -1.50. The molecule has 0 unspecified atom stereocenters. The molecule has 0 bridgehead atoms. The lowest BCUT2D eigenvalue weighted by Gasteiger charge is -2.44. The Hall–Kier alpha value is -2.92. The number of nitrogens with one attached hydrogen (secondary N) is 1. The predicted octanol–water partition coefficient (Wildman–Crippen LogP) is 4.70. The first-order valence-electron chi connectivity index (χ1n) is 14.0. The highest BCUT2D eigenvalue weighted by molar-refractivity contribution is 7.91. The number of hydrogen-bond acceptors (Lipinski definition) is 5. The number of sulfone groups is 1. The van der Waals surface area contributed by atoms with Crippen LogP contribution in [-0.4, -0.2) is 73.5 Å². The van der Waals surface area contributed by atoms with Crippen molar-refractivity contribution in [3.63, 3.8) is 0 Å². The average molecular weight is 594 g/mol. The van der Waals surface area contributed by atoms with E-state index in [9.17, 15) is 31.2 Å². The van der Waals surface area contributed by atoms with E-state index in [1.807, 2.05) is 14.0 Å². The van der Waals surface area contributed by atoms with Crippen LogP contribution in [0.5, 0.6) is 0 Å². The third-order valence-corrected chi connectivity index (χ3v) is 10.4. The number of halogens is 3. The molecule has 2 amide bonds. The van der Waals surface area contributed by atoms with E-state index in [4.69, 9.17) is 0 Å². The maximum absolute atomic E-state index is 13.5. The highest BCUT2D eigenvalue weighted by Gasteiger charge is 2.44. The summed E-state index contributed by atoms with van der Waals surface area (Å²) in [7, 11) is -1.60. The maximum atomic E-state index is 13.5. The smallest absolute Gasteiger partial charge is 0.340 e. The number of alkyl halides is 3. The second kappa shape index (κ2) is 12.1. The van der Waals surface area contributed by atoms with E-state index in [0.717, 1.165) is 30.2 Å². The molecule has 4 rings (SSSR count). The van der Waals surface area contributed by atoms with Gasteiger partial charge in [0, 0.05) is 30.2 Å². The van der Waals surface area contributed by atoms with Crippen molar-refractivity contribution in [1.82, 2.24) is 15.1 Å². The molecule has 1 aliphatic heterocycles. The molecule has 1 heterocycles. The van der Waals surface area contributed by atoms with Crippen molar-refractivity contribution < 1.29 is 31.2 Å². The van der Waals surface area contributed by atoms with Gasteiger partial charge in [-0.15, -0.1) is 0 Å². The second-order valence-corrected chi connectivity index (χ2v) is 13.6. The van der Waals surface area contributed by atoms with Crippen LogP contribution in [0, 0.1) is 12.8 Å². The molecule has 2 fully saturated rings. The van der Waals surface area contributed by atoms with Gasteiger partial charge in [-0.1, -0.05) is 23.8 Å². The zero-order chi connectivity index (χ0) is 30.1. The van der Waals surface area contributed by atoms with Crippen LogP contribution in [0.1, 0.15) is 61.0 Å². The summed E-state index contributed by atoms with van der Waals surface area (Å²) in [6.07, 6.45) is -2.27. The van der Waals surface area contributed by atoms with Gasteiger partial charge in [0.15, 0.2) is 9.84 Å². The molecular weight excluding hydrogens is 555 g/mol. The fourth-order valence-corrected chi connectivity index (χ4v) is 7.64. The van der Waals surface area contributed by atoms with E-state index in [1.54, 1.807) is 29.2 Å². The van der Waals surface area contributed by atoms with E-state index in [0.29, 0.717) is 25.8 Å². The molecule has 0 spiro atoms. The molecule has 224 valence electrons. The summed E-state index contributed by atoms with van der Waals surface area (Å²) < 4.78 is 66.3. The van der Waals surface area contributed by atoms with Crippen molar-refractivity contribution >= 4 is 21.7 Å². The SMILES string of the molecule is Cc1ccc(S(=O)(=O)C[C@@H]2C[C@@H](N(C)C(C)C)CC[C@@H]2N2CC[C@H](NC(=O)c3cccc(C(F)(F)F)c3)C2=O)cc1. The largest absolute Gasteiger partial charge is 0.416 e. The van der Waals surface area contributed by atoms with Crippen LogP contribution >= 0.6 is 0 Å². The van der Waals surface area contributed by atoms with Crippen LogP contribution in [-0.2, 0) is 20.8 Å². The minimum absolute atomic E-state index is 0.103. The van der Waals surface area contributed by atoms with Gasteiger partial charge < -0.3 is 15.1 Å². The summed E-state index contributed by atoms with van der Waals surface area (Å²) in [4.78, 5) is 30.5. The minimum Gasteiger partial charge on any atom is -0.340 e. The summed E-state index contributed by atoms with van der Waals surface area (Å²) in [5, 5.41) is 2.60. The van der Waals surface area contributed by atoms with Crippen LogP contribution in [0.3, 0.4) is 0 Å². The standard InChI is InChI=1S/C30H38F3N3O4S/c1-19(2)35(4)24-10-13-27(22(17-24)18-41(39,40)25-11-8-20(3)9-12-25)36-15-14-26(29(36)38)34-28(37)21-6-5-7-23(16-21)30(31,32)33/h5-9,11-12,16,19,22,24,26-27H,10,13-15,17-18H2,1-4H3,(H,34,37)/t22-,24-,26-,27-/m0/s1. The molecular formula is C30H38F3N3O4S. The monoisotopic (exact) mass is 593 g/mol. The number of carbonyl (C=O) groups is 2. The highest BCUT2D eigenvalue weighted by Crippen LogP contribution is 2.36. The summed E-state index contributed by atoms with van der Waals surface area (Å²) in [6.45, 7) is 6.40. The van der Waals surface area contributed by atoms with Gasteiger partial charge in [0.25, 0.3) is 5.91 Å². The van der Waals surface area contributed by atoms with E-state index in [2.05, 4.69) is 24.1 Å². The van der Waals surface area contributed by atoms with Gasteiger partial charge in [-0.3, -0.25) is 9.59 Å². The molecule has 0 radical (unpaired) electrons. The summed E-state index contributed by atoms with van der Waals surface area (Å²) in [5.41, 5.74) is -0.158. The molecule has 2 aliphatic rings. The molecule has 0 aromatic heterocycles. The summed E-state index contributed by atoms with van der Waals surface area (Å²) in [6, 6.07) is 10.1. The van der Waals surface area contributed by atoms with Crippen molar-refractivity contribution in [3.8, 4) is 0 Å². The maximum Gasteiger partial charge on any atom is 0.416 e. The number of aryl methyl sites for hydroxylation is 1. The van der Waals surface area contributed by atoms with Gasteiger partial charge in [0.05, 0.1) is 16.2 Å².